The SMILES string of the molecule is C.C=N/C=C/C=N/N(C)Cc1cccc(C(=O)Nc2cn(C)nc2C(=O)O)c1.CC. The van der Waals surface area contributed by atoms with E-state index < -0.39 is 11.9 Å². The van der Waals surface area contributed by atoms with Crippen LogP contribution in [-0.4, -0.2) is 51.8 Å². The van der Waals surface area contributed by atoms with E-state index in [4.69, 9.17) is 5.11 Å². The number of hydrogen-bond donors (Lipinski definition) is 2. The average Bonchev–Trinajstić information content (AvgIpc) is 3.07. The molecule has 0 saturated heterocycles. The second-order valence-corrected chi connectivity index (χ2v) is 5.63. The van der Waals surface area contributed by atoms with Crippen molar-refractivity contribution in [3.05, 3.63) is 59.6 Å². The van der Waals surface area contributed by atoms with Gasteiger partial charge < -0.3 is 10.4 Å². The van der Waals surface area contributed by atoms with Gasteiger partial charge in [-0.3, -0.25) is 19.5 Å². The summed E-state index contributed by atoms with van der Waals surface area (Å²) in [7, 11) is 3.38. The predicted octanol–water partition coefficient (Wildman–Crippen LogP) is 3.66. The van der Waals surface area contributed by atoms with Crippen LogP contribution in [0.15, 0.2) is 52.8 Å². The lowest BCUT2D eigenvalue weighted by Gasteiger charge is -2.13. The number of aromatic nitrogens is 2. The van der Waals surface area contributed by atoms with Crippen LogP contribution in [0, 0.1) is 0 Å². The van der Waals surface area contributed by atoms with Gasteiger partial charge in [0.15, 0.2) is 5.69 Å². The largest absolute Gasteiger partial charge is 0.476 e. The summed E-state index contributed by atoms with van der Waals surface area (Å²) < 4.78 is 1.33. The lowest BCUT2D eigenvalue weighted by atomic mass is 10.1. The second-order valence-electron chi connectivity index (χ2n) is 5.63. The molecule has 0 bridgehead atoms. The van der Waals surface area contributed by atoms with Gasteiger partial charge in [-0.05, 0) is 30.5 Å². The van der Waals surface area contributed by atoms with Crippen LogP contribution in [0.5, 0.6) is 0 Å². The molecule has 1 aromatic heterocycles. The predicted molar refractivity (Wildman–Crippen MR) is 121 cm³/mol. The van der Waals surface area contributed by atoms with Gasteiger partial charge in [-0.15, -0.1) is 0 Å². The number of carbonyl (C=O) groups is 2. The summed E-state index contributed by atoms with van der Waals surface area (Å²) in [6.45, 7) is 7.82. The maximum absolute atomic E-state index is 12.5. The molecule has 2 aromatic rings. The van der Waals surface area contributed by atoms with Crippen molar-refractivity contribution >= 4 is 30.5 Å². The minimum absolute atomic E-state index is 0. The van der Waals surface area contributed by atoms with Gasteiger partial charge >= 0.3 is 5.97 Å². The zero-order valence-electron chi connectivity index (χ0n) is 17.0. The van der Waals surface area contributed by atoms with E-state index in [0.717, 1.165) is 5.56 Å². The molecule has 2 N–H and O–H groups in total. The number of carboxylic acids is 1. The maximum Gasteiger partial charge on any atom is 0.358 e. The number of allylic oxidation sites excluding steroid dienone is 1. The van der Waals surface area contributed by atoms with Crippen LogP contribution in [0.25, 0.3) is 0 Å². The molecule has 0 atom stereocenters. The lowest BCUT2D eigenvalue weighted by molar-refractivity contribution is 0.0690. The summed E-state index contributed by atoms with van der Waals surface area (Å²) >= 11 is 0. The standard InChI is InChI=1S/C18H20N6O3.C2H6.CH4/c1-19-8-5-9-20-23(2)11-13-6-4-7-14(10-13)17(25)21-15-12-24(3)22-16(15)18(26)27;1-2;/h4-10,12H,1,11H2,2-3H3,(H,21,25)(H,26,27);1-2H3;1H4/b8-5+,20-9+;;. The first kappa shape index (κ1) is 26.2. The topological polar surface area (TPSA) is 112 Å². The van der Waals surface area contributed by atoms with Crippen LogP contribution in [0.3, 0.4) is 0 Å². The molecule has 0 saturated carbocycles. The number of nitrogens with one attached hydrogen (secondary N) is 1. The fourth-order valence-corrected chi connectivity index (χ4v) is 2.30. The first-order valence-corrected chi connectivity index (χ1v) is 8.94. The van der Waals surface area contributed by atoms with E-state index in [0.29, 0.717) is 12.1 Å². The molecule has 1 amide bonds. The van der Waals surface area contributed by atoms with E-state index in [9.17, 15) is 9.59 Å². The number of nitrogens with zero attached hydrogens (tertiary/aromatic N) is 5. The molecule has 2 rings (SSSR count). The molecule has 0 aliphatic rings. The number of aromatic carboxylic acids is 1. The van der Waals surface area contributed by atoms with Crippen molar-refractivity contribution in [3.63, 3.8) is 0 Å². The van der Waals surface area contributed by atoms with Gasteiger partial charge in [-0.2, -0.15) is 10.2 Å². The number of carboxylic acid groups (broad SMARTS) is 1. The number of hydrazone groups is 1. The van der Waals surface area contributed by atoms with E-state index in [2.05, 4.69) is 27.2 Å². The molecule has 1 aromatic carbocycles. The molecular formula is C21H30N6O3. The Balaban J connectivity index is 0.00000272. The second kappa shape index (κ2) is 13.4. The Morgan fingerprint density at radius 1 is 1.37 bits per heavy atom. The van der Waals surface area contributed by atoms with Crippen molar-refractivity contribution in [2.24, 2.45) is 17.1 Å². The number of anilines is 1. The molecule has 0 spiro atoms. The highest BCUT2D eigenvalue weighted by molar-refractivity contribution is 6.07. The summed E-state index contributed by atoms with van der Waals surface area (Å²) in [4.78, 5) is 27.2. The lowest BCUT2D eigenvalue weighted by Crippen LogP contribution is -2.15. The number of hydrogen-bond acceptors (Lipinski definition) is 6. The molecule has 162 valence electrons. The van der Waals surface area contributed by atoms with Gasteiger partial charge in [0.25, 0.3) is 5.91 Å². The summed E-state index contributed by atoms with van der Waals surface area (Å²) in [5, 5.41) is 21.4. The minimum Gasteiger partial charge on any atom is -0.476 e. The third-order valence-electron chi connectivity index (χ3n) is 3.42. The third kappa shape index (κ3) is 8.09. The van der Waals surface area contributed by atoms with Crippen LogP contribution in [0.1, 0.15) is 47.7 Å². The molecule has 0 aliphatic heterocycles. The summed E-state index contributed by atoms with van der Waals surface area (Å²) in [5.41, 5.74) is 1.21. The van der Waals surface area contributed by atoms with Gasteiger partial charge in [0.2, 0.25) is 0 Å². The Morgan fingerprint density at radius 3 is 2.70 bits per heavy atom. The Hall–Kier alpha value is -3.75. The zero-order chi connectivity index (χ0) is 21.8. The van der Waals surface area contributed by atoms with Gasteiger partial charge in [-0.25, -0.2) is 4.79 Å². The van der Waals surface area contributed by atoms with Crippen molar-refractivity contribution in [3.8, 4) is 0 Å². The van der Waals surface area contributed by atoms with Crippen molar-refractivity contribution in [1.82, 2.24) is 14.8 Å². The molecule has 0 fully saturated rings. The van der Waals surface area contributed by atoms with Crippen LogP contribution in [0.4, 0.5) is 5.69 Å². The number of benzene rings is 1. The summed E-state index contributed by atoms with van der Waals surface area (Å²) in [5.74, 6) is -1.63. The molecular weight excluding hydrogens is 384 g/mol. The van der Waals surface area contributed by atoms with Crippen molar-refractivity contribution in [2.45, 2.75) is 27.8 Å². The van der Waals surface area contributed by atoms with E-state index >= 15 is 0 Å². The van der Waals surface area contributed by atoms with Gasteiger partial charge in [-0.1, -0.05) is 33.4 Å². The highest BCUT2D eigenvalue weighted by atomic mass is 16.4. The monoisotopic (exact) mass is 414 g/mol. The third-order valence-corrected chi connectivity index (χ3v) is 3.42. The fourth-order valence-electron chi connectivity index (χ4n) is 2.30. The quantitative estimate of drug-likeness (QED) is 0.506. The number of aliphatic imine (C=N–C) groups is 1. The molecule has 30 heavy (non-hydrogen) atoms. The Bertz CT molecular complexity index is 902. The Labute approximate surface area is 177 Å². The van der Waals surface area contributed by atoms with Crippen molar-refractivity contribution in [1.29, 1.82) is 0 Å². The minimum atomic E-state index is -1.21. The first-order chi connectivity index (χ1) is 13.9. The fraction of sp³-hybridized carbons (Fsp3) is 0.286. The van der Waals surface area contributed by atoms with Gasteiger partial charge in [0, 0.05) is 38.3 Å². The summed E-state index contributed by atoms with van der Waals surface area (Å²) in [6.07, 6.45) is 6.20. The van der Waals surface area contributed by atoms with Crippen LogP contribution < -0.4 is 5.32 Å². The molecule has 9 heteroatoms. The average molecular weight is 415 g/mol. The zero-order valence-corrected chi connectivity index (χ0v) is 17.0. The molecule has 0 unspecified atom stereocenters. The van der Waals surface area contributed by atoms with Crippen molar-refractivity contribution < 1.29 is 14.7 Å². The first-order valence-electron chi connectivity index (χ1n) is 8.94. The van der Waals surface area contributed by atoms with Crippen LogP contribution in [0.2, 0.25) is 0 Å². The van der Waals surface area contributed by atoms with Gasteiger partial charge in [0.1, 0.15) is 0 Å². The molecule has 0 radical (unpaired) electrons. The number of rotatable bonds is 8. The van der Waals surface area contributed by atoms with Gasteiger partial charge in [0.05, 0.1) is 12.2 Å². The van der Waals surface area contributed by atoms with E-state index in [1.54, 1.807) is 49.6 Å². The van der Waals surface area contributed by atoms with E-state index in [1.165, 1.54) is 17.1 Å². The smallest absolute Gasteiger partial charge is 0.358 e. The molecule has 1 heterocycles. The highest BCUT2D eigenvalue weighted by Crippen LogP contribution is 2.16. The Kier molecular flexibility index (Phi) is 11.8. The Morgan fingerprint density at radius 2 is 2.07 bits per heavy atom. The van der Waals surface area contributed by atoms with Crippen molar-refractivity contribution in [2.75, 3.05) is 12.4 Å². The number of carbonyl (C=O) groups excluding carboxylic acids is 1. The van der Waals surface area contributed by atoms with E-state index in [-0.39, 0.29) is 18.8 Å². The maximum atomic E-state index is 12.5. The summed E-state index contributed by atoms with van der Waals surface area (Å²) in [6, 6.07) is 7.00. The number of amides is 1. The highest BCUT2D eigenvalue weighted by Gasteiger charge is 2.17. The molecule has 0 aliphatic carbocycles. The van der Waals surface area contributed by atoms with E-state index in [1.807, 2.05) is 19.9 Å². The van der Waals surface area contributed by atoms with Crippen LogP contribution in [-0.2, 0) is 13.6 Å². The number of aryl methyl sites for hydroxylation is 1. The molecule has 9 nitrogen and oxygen atoms in total. The van der Waals surface area contributed by atoms with Crippen LogP contribution >= 0.6 is 0 Å². The normalized spacial score (nSPS) is 10.1.